The van der Waals surface area contributed by atoms with Crippen LogP contribution in [0.5, 0.6) is 0 Å². The van der Waals surface area contributed by atoms with Gasteiger partial charge in [-0.1, -0.05) is 0 Å². The Morgan fingerprint density at radius 1 is 1.11 bits per heavy atom. The number of hydrogen-bond donors (Lipinski definition) is 1. The van der Waals surface area contributed by atoms with Crippen LogP contribution in [0.25, 0.3) is 0 Å². The summed E-state index contributed by atoms with van der Waals surface area (Å²) in [7, 11) is 4.51. The molecule has 106 valence electrons. The zero-order chi connectivity index (χ0) is 12.8. The molecular weight excluding hydrogens is 224 g/mol. The van der Waals surface area contributed by atoms with Crippen LogP contribution in [0, 0.1) is 5.92 Å². The number of hydrogen-bond acceptors (Lipinski definition) is 4. The number of piperidine rings is 1. The van der Waals surface area contributed by atoms with Gasteiger partial charge in [-0.3, -0.25) is 4.90 Å². The van der Waals surface area contributed by atoms with Gasteiger partial charge in [-0.05, 0) is 45.9 Å². The third-order valence-electron chi connectivity index (χ3n) is 4.42. The fraction of sp³-hybridized carbons (Fsp3) is 1.00. The Kier molecular flexibility index (Phi) is 5.89. The van der Waals surface area contributed by atoms with E-state index in [-0.39, 0.29) is 0 Å². The molecule has 1 N–H and O–H groups in total. The number of nitrogens with one attached hydrogen (secondary N) is 1. The van der Waals surface area contributed by atoms with Crippen molar-refractivity contribution in [3.05, 3.63) is 0 Å². The van der Waals surface area contributed by atoms with Gasteiger partial charge in [0.2, 0.25) is 0 Å². The highest BCUT2D eigenvalue weighted by molar-refractivity contribution is 4.73. The van der Waals surface area contributed by atoms with Gasteiger partial charge < -0.3 is 15.1 Å². The maximum absolute atomic E-state index is 3.44. The Hall–Kier alpha value is -0.160. The molecule has 0 unspecified atom stereocenters. The first-order chi connectivity index (χ1) is 8.74. The zero-order valence-electron chi connectivity index (χ0n) is 12.2. The van der Waals surface area contributed by atoms with Gasteiger partial charge in [0.25, 0.3) is 0 Å². The van der Waals surface area contributed by atoms with Crippen molar-refractivity contribution in [3.8, 4) is 0 Å². The van der Waals surface area contributed by atoms with E-state index < -0.39 is 0 Å². The first-order valence-electron chi connectivity index (χ1n) is 7.54. The molecule has 0 aromatic heterocycles. The van der Waals surface area contributed by atoms with Crippen LogP contribution in [-0.2, 0) is 0 Å². The van der Waals surface area contributed by atoms with E-state index in [1.54, 1.807) is 0 Å². The molecule has 0 saturated carbocycles. The standard InChI is InChI=1S/C14H30N4/c1-16-7-10-18(11-8-16)12-9-17(2)13-14-3-5-15-6-4-14/h14-15H,3-13H2,1-2H3. The van der Waals surface area contributed by atoms with E-state index in [1.165, 1.54) is 71.7 Å². The first kappa shape index (κ1) is 14.3. The molecule has 4 nitrogen and oxygen atoms in total. The minimum absolute atomic E-state index is 0.920. The number of rotatable bonds is 5. The Bertz CT molecular complexity index is 220. The average Bonchev–Trinajstić information content (AvgIpc) is 2.39. The summed E-state index contributed by atoms with van der Waals surface area (Å²) in [5, 5.41) is 3.44. The van der Waals surface area contributed by atoms with E-state index in [0.717, 1.165) is 5.92 Å². The smallest absolute Gasteiger partial charge is 0.0110 e. The molecule has 0 amide bonds. The van der Waals surface area contributed by atoms with Crippen LogP contribution in [0.4, 0.5) is 0 Å². The predicted molar refractivity (Wildman–Crippen MR) is 77.0 cm³/mol. The molecule has 0 spiro atoms. The second kappa shape index (κ2) is 7.43. The van der Waals surface area contributed by atoms with Crippen molar-refractivity contribution in [2.24, 2.45) is 5.92 Å². The summed E-state index contributed by atoms with van der Waals surface area (Å²) in [5.74, 6) is 0.920. The molecular formula is C14H30N4. The van der Waals surface area contributed by atoms with E-state index in [2.05, 4.69) is 34.1 Å². The highest BCUT2D eigenvalue weighted by Gasteiger charge is 2.17. The Morgan fingerprint density at radius 2 is 1.78 bits per heavy atom. The van der Waals surface area contributed by atoms with Crippen molar-refractivity contribution >= 4 is 0 Å². The van der Waals surface area contributed by atoms with Crippen molar-refractivity contribution in [3.63, 3.8) is 0 Å². The predicted octanol–water partition coefficient (Wildman–Crippen LogP) is 0.165. The fourth-order valence-corrected chi connectivity index (χ4v) is 2.98. The topological polar surface area (TPSA) is 21.8 Å². The van der Waals surface area contributed by atoms with Crippen molar-refractivity contribution in [2.75, 3.05) is 73.0 Å². The van der Waals surface area contributed by atoms with Gasteiger partial charge in [0.05, 0.1) is 0 Å². The molecule has 4 heteroatoms. The molecule has 18 heavy (non-hydrogen) atoms. The van der Waals surface area contributed by atoms with Crippen LogP contribution in [0.15, 0.2) is 0 Å². The molecule has 0 aromatic carbocycles. The second-order valence-corrected chi connectivity index (χ2v) is 6.10. The highest BCUT2D eigenvalue weighted by atomic mass is 15.3. The molecule has 0 atom stereocenters. The van der Waals surface area contributed by atoms with Crippen molar-refractivity contribution in [1.29, 1.82) is 0 Å². The maximum Gasteiger partial charge on any atom is 0.0110 e. The van der Waals surface area contributed by atoms with Gasteiger partial charge in [0.15, 0.2) is 0 Å². The van der Waals surface area contributed by atoms with Gasteiger partial charge >= 0.3 is 0 Å². The normalized spacial score (nSPS) is 24.8. The van der Waals surface area contributed by atoms with Crippen LogP contribution in [-0.4, -0.2) is 87.7 Å². The number of piperazine rings is 1. The summed E-state index contributed by atoms with van der Waals surface area (Å²) >= 11 is 0. The fourth-order valence-electron chi connectivity index (χ4n) is 2.98. The lowest BCUT2D eigenvalue weighted by Crippen LogP contribution is -2.47. The molecule has 2 aliphatic heterocycles. The van der Waals surface area contributed by atoms with Gasteiger partial charge in [-0.25, -0.2) is 0 Å². The van der Waals surface area contributed by atoms with Gasteiger partial charge in [-0.2, -0.15) is 0 Å². The van der Waals surface area contributed by atoms with E-state index >= 15 is 0 Å². The van der Waals surface area contributed by atoms with Crippen LogP contribution in [0.2, 0.25) is 0 Å². The van der Waals surface area contributed by atoms with Crippen molar-refractivity contribution in [2.45, 2.75) is 12.8 Å². The third-order valence-corrected chi connectivity index (χ3v) is 4.42. The van der Waals surface area contributed by atoms with Gasteiger partial charge in [-0.15, -0.1) is 0 Å². The van der Waals surface area contributed by atoms with E-state index in [0.29, 0.717) is 0 Å². The number of likely N-dealkylation sites (N-methyl/N-ethyl adjacent to an activating group) is 2. The average molecular weight is 254 g/mol. The summed E-state index contributed by atoms with van der Waals surface area (Å²) < 4.78 is 0. The summed E-state index contributed by atoms with van der Waals surface area (Å²) in [6.07, 6.45) is 2.72. The lowest BCUT2D eigenvalue weighted by Gasteiger charge is -2.34. The SMILES string of the molecule is CN1CCN(CCN(C)CC2CCNCC2)CC1. The lowest BCUT2D eigenvalue weighted by atomic mass is 9.98. The van der Waals surface area contributed by atoms with Gasteiger partial charge in [0, 0.05) is 45.8 Å². The van der Waals surface area contributed by atoms with Crippen LogP contribution in [0.1, 0.15) is 12.8 Å². The van der Waals surface area contributed by atoms with Crippen LogP contribution in [0.3, 0.4) is 0 Å². The van der Waals surface area contributed by atoms with E-state index in [4.69, 9.17) is 0 Å². The first-order valence-corrected chi connectivity index (χ1v) is 7.54. The summed E-state index contributed by atoms with van der Waals surface area (Å²) in [6, 6.07) is 0. The molecule has 0 aromatic rings. The molecule has 2 aliphatic rings. The molecule has 2 fully saturated rings. The minimum atomic E-state index is 0.920. The zero-order valence-corrected chi connectivity index (χ0v) is 12.2. The molecule has 2 rings (SSSR count). The van der Waals surface area contributed by atoms with Crippen molar-refractivity contribution in [1.82, 2.24) is 20.0 Å². The second-order valence-electron chi connectivity index (χ2n) is 6.10. The quantitative estimate of drug-likeness (QED) is 0.755. The molecule has 2 heterocycles. The Morgan fingerprint density at radius 3 is 2.44 bits per heavy atom. The van der Waals surface area contributed by atoms with Crippen LogP contribution < -0.4 is 5.32 Å². The van der Waals surface area contributed by atoms with E-state index in [9.17, 15) is 0 Å². The highest BCUT2D eigenvalue weighted by Crippen LogP contribution is 2.12. The largest absolute Gasteiger partial charge is 0.317 e. The maximum atomic E-state index is 3.44. The lowest BCUT2D eigenvalue weighted by molar-refractivity contribution is 0.135. The summed E-state index contributed by atoms with van der Waals surface area (Å²) in [4.78, 5) is 7.57. The monoisotopic (exact) mass is 254 g/mol. The molecule has 0 bridgehead atoms. The molecule has 2 saturated heterocycles. The molecule has 0 radical (unpaired) electrons. The van der Waals surface area contributed by atoms with Crippen LogP contribution >= 0.6 is 0 Å². The summed E-state index contributed by atoms with van der Waals surface area (Å²) in [5.41, 5.74) is 0. The molecule has 0 aliphatic carbocycles. The van der Waals surface area contributed by atoms with E-state index in [1.807, 2.05) is 0 Å². The third kappa shape index (κ3) is 4.84. The minimum Gasteiger partial charge on any atom is -0.317 e. The summed E-state index contributed by atoms with van der Waals surface area (Å²) in [6.45, 7) is 11.2. The van der Waals surface area contributed by atoms with Gasteiger partial charge in [0.1, 0.15) is 0 Å². The Balaban J connectivity index is 1.57. The number of nitrogens with zero attached hydrogens (tertiary/aromatic N) is 3. The Labute approximate surface area is 112 Å². The van der Waals surface area contributed by atoms with Crippen molar-refractivity contribution < 1.29 is 0 Å².